The molecule has 0 saturated heterocycles. The van der Waals surface area contributed by atoms with Crippen LogP contribution in [0.1, 0.15) is 49.5 Å². The van der Waals surface area contributed by atoms with Gasteiger partial charge in [0.25, 0.3) is 5.91 Å². The first-order chi connectivity index (χ1) is 14.0. The topological polar surface area (TPSA) is 106 Å². The highest BCUT2D eigenvalue weighted by Gasteiger charge is 2.36. The summed E-state index contributed by atoms with van der Waals surface area (Å²) in [6.45, 7) is 5.58. The number of benzene rings is 1. The van der Waals surface area contributed by atoms with Crippen LogP contribution in [-0.4, -0.2) is 39.3 Å². The van der Waals surface area contributed by atoms with Crippen LogP contribution in [0.4, 0.5) is 0 Å². The number of esters is 1. The van der Waals surface area contributed by atoms with Crippen LogP contribution in [0.15, 0.2) is 36.8 Å². The molecule has 3 rings (SSSR count). The number of rotatable bonds is 6. The van der Waals surface area contributed by atoms with Gasteiger partial charge in [-0.05, 0) is 44.9 Å². The van der Waals surface area contributed by atoms with E-state index in [0.717, 1.165) is 16.8 Å². The molecule has 1 aromatic carbocycles. The molecule has 1 atom stereocenters. The maximum atomic E-state index is 12.9. The zero-order valence-electron chi connectivity index (χ0n) is 17.7. The van der Waals surface area contributed by atoms with Gasteiger partial charge in [0.05, 0.1) is 6.20 Å². The fraction of sp³-hybridized carbons (Fsp3) is 0.409. The lowest BCUT2D eigenvalue weighted by molar-refractivity contribution is -0.671. The lowest BCUT2D eigenvalue weighted by Crippen LogP contribution is -2.45. The van der Waals surface area contributed by atoms with Crippen LogP contribution in [0.2, 0.25) is 0 Å². The third kappa shape index (κ3) is 4.82. The molecule has 2 aromatic rings. The van der Waals surface area contributed by atoms with Gasteiger partial charge in [0.15, 0.2) is 12.4 Å². The second kappa shape index (κ2) is 8.22. The van der Waals surface area contributed by atoms with Gasteiger partial charge in [0.1, 0.15) is 24.4 Å². The second-order valence-corrected chi connectivity index (χ2v) is 8.46. The van der Waals surface area contributed by atoms with Crippen molar-refractivity contribution in [3.05, 3.63) is 47.9 Å². The van der Waals surface area contributed by atoms with Crippen molar-refractivity contribution >= 4 is 17.8 Å². The Balaban J connectivity index is 1.77. The highest BCUT2D eigenvalue weighted by Crippen LogP contribution is 2.29. The van der Waals surface area contributed by atoms with Crippen LogP contribution in [-0.2, 0) is 27.9 Å². The summed E-state index contributed by atoms with van der Waals surface area (Å²) in [6.07, 6.45) is 5.56. The molecule has 8 nitrogen and oxygen atoms in total. The summed E-state index contributed by atoms with van der Waals surface area (Å²) in [7, 11) is 1.91. The van der Waals surface area contributed by atoms with Gasteiger partial charge in [-0.25, -0.2) is 9.55 Å². The summed E-state index contributed by atoms with van der Waals surface area (Å²) < 4.78 is 7.19. The third-order valence-electron chi connectivity index (χ3n) is 4.82. The number of nitrogens with zero attached hydrogens (tertiary/aromatic N) is 3. The second-order valence-electron chi connectivity index (χ2n) is 8.46. The van der Waals surface area contributed by atoms with Gasteiger partial charge in [-0.2, -0.15) is 0 Å². The SMILES string of the molecule is C[n+]1ccnc(-c2ccc3c(c2)CN(C(CCC(=O)OC(C)(C)C)C(N)=O)C3=O)c1. The normalized spacial score (nSPS) is 14.4. The summed E-state index contributed by atoms with van der Waals surface area (Å²) in [6, 6.07) is 4.60. The van der Waals surface area contributed by atoms with Crippen molar-refractivity contribution in [3.63, 3.8) is 0 Å². The molecule has 2 heterocycles. The fourth-order valence-corrected chi connectivity index (χ4v) is 3.49. The molecule has 158 valence electrons. The number of amides is 2. The van der Waals surface area contributed by atoms with E-state index in [1.54, 1.807) is 33.0 Å². The molecule has 2 amide bonds. The summed E-state index contributed by atoms with van der Waals surface area (Å²) >= 11 is 0. The van der Waals surface area contributed by atoms with E-state index in [0.29, 0.717) is 5.56 Å². The predicted molar refractivity (Wildman–Crippen MR) is 109 cm³/mol. The van der Waals surface area contributed by atoms with Crippen molar-refractivity contribution in [3.8, 4) is 11.3 Å². The smallest absolute Gasteiger partial charge is 0.306 e. The summed E-state index contributed by atoms with van der Waals surface area (Å²) in [5, 5.41) is 0. The molecule has 0 spiro atoms. The number of hydrogen-bond acceptors (Lipinski definition) is 5. The van der Waals surface area contributed by atoms with Crippen LogP contribution in [0, 0.1) is 0 Å². The van der Waals surface area contributed by atoms with E-state index >= 15 is 0 Å². The number of aryl methyl sites for hydroxylation is 1. The van der Waals surface area contributed by atoms with Gasteiger partial charge in [-0.1, -0.05) is 6.07 Å². The van der Waals surface area contributed by atoms with Crippen LogP contribution in [0.5, 0.6) is 0 Å². The molecule has 1 unspecified atom stereocenters. The zero-order chi connectivity index (χ0) is 22.1. The van der Waals surface area contributed by atoms with Gasteiger partial charge in [0.2, 0.25) is 5.91 Å². The number of ether oxygens (including phenoxy) is 1. The summed E-state index contributed by atoms with van der Waals surface area (Å²) in [5.41, 5.74) is 7.95. The number of hydrogen-bond donors (Lipinski definition) is 1. The number of carbonyl (C=O) groups is 3. The quantitative estimate of drug-likeness (QED) is 0.573. The van der Waals surface area contributed by atoms with Crippen molar-refractivity contribution in [1.29, 1.82) is 0 Å². The molecule has 30 heavy (non-hydrogen) atoms. The lowest BCUT2D eigenvalue weighted by Gasteiger charge is -2.25. The fourth-order valence-electron chi connectivity index (χ4n) is 3.49. The molecule has 1 aliphatic heterocycles. The largest absolute Gasteiger partial charge is 0.460 e. The molecule has 0 bridgehead atoms. The summed E-state index contributed by atoms with van der Waals surface area (Å²) in [4.78, 5) is 42.8. The minimum Gasteiger partial charge on any atom is -0.460 e. The van der Waals surface area contributed by atoms with E-state index in [9.17, 15) is 14.4 Å². The highest BCUT2D eigenvalue weighted by molar-refractivity contribution is 6.01. The molecule has 0 aliphatic carbocycles. The number of fused-ring (bicyclic) bond motifs is 1. The van der Waals surface area contributed by atoms with Crippen LogP contribution in [0.25, 0.3) is 11.3 Å². The Kier molecular flexibility index (Phi) is 5.87. The maximum absolute atomic E-state index is 12.9. The van der Waals surface area contributed by atoms with E-state index in [4.69, 9.17) is 10.5 Å². The van der Waals surface area contributed by atoms with Gasteiger partial charge in [-0.15, -0.1) is 0 Å². The Bertz CT molecular complexity index is 997. The Morgan fingerprint density at radius 1 is 1.33 bits per heavy atom. The number of carbonyl (C=O) groups excluding carboxylic acids is 3. The Hall–Kier alpha value is -3.29. The van der Waals surface area contributed by atoms with Gasteiger partial charge >= 0.3 is 5.97 Å². The van der Waals surface area contributed by atoms with Gasteiger partial charge < -0.3 is 15.4 Å². The Morgan fingerprint density at radius 3 is 2.70 bits per heavy atom. The maximum Gasteiger partial charge on any atom is 0.306 e. The lowest BCUT2D eigenvalue weighted by atomic mass is 10.0. The van der Waals surface area contributed by atoms with Crippen molar-refractivity contribution in [2.45, 2.75) is 51.8 Å². The van der Waals surface area contributed by atoms with Crippen molar-refractivity contribution in [2.24, 2.45) is 12.8 Å². The van der Waals surface area contributed by atoms with Crippen molar-refractivity contribution in [1.82, 2.24) is 9.88 Å². The van der Waals surface area contributed by atoms with Crippen LogP contribution in [0.3, 0.4) is 0 Å². The monoisotopic (exact) mass is 411 g/mol. The first kappa shape index (κ1) is 21.4. The van der Waals surface area contributed by atoms with E-state index in [1.807, 2.05) is 36.1 Å². The van der Waals surface area contributed by atoms with E-state index < -0.39 is 23.5 Å². The minimum atomic E-state index is -0.881. The van der Waals surface area contributed by atoms with Crippen LogP contribution >= 0.6 is 0 Å². The van der Waals surface area contributed by atoms with Gasteiger partial charge in [-0.3, -0.25) is 14.4 Å². The van der Waals surface area contributed by atoms with Crippen LogP contribution < -0.4 is 10.3 Å². The molecule has 0 saturated carbocycles. The molecule has 8 heteroatoms. The van der Waals surface area contributed by atoms with Crippen molar-refractivity contribution in [2.75, 3.05) is 0 Å². The minimum absolute atomic E-state index is 0.000682. The third-order valence-corrected chi connectivity index (χ3v) is 4.82. The highest BCUT2D eigenvalue weighted by atomic mass is 16.6. The van der Waals surface area contributed by atoms with E-state index in [1.165, 1.54) is 4.90 Å². The molecule has 2 N–H and O–H groups in total. The first-order valence-corrected chi connectivity index (χ1v) is 9.82. The predicted octanol–water partition coefficient (Wildman–Crippen LogP) is 1.50. The number of nitrogens with two attached hydrogens (primary N) is 1. The molecular weight excluding hydrogens is 384 g/mol. The number of aromatic nitrogens is 2. The Labute approximate surface area is 175 Å². The Morgan fingerprint density at radius 2 is 2.07 bits per heavy atom. The van der Waals surface area contributed by atoms with Gasteiger partial charge in [0, 0.05) is 24.1 Å². The van der Waals surface area contributed by atoms with E-state index in [-0.39, 0.29) is 25.3 Å². The number of primary amides is 1. The molecular formula is C22H27N4O4+. The standard InChI is InChI=1S/C22H26N4O4/c1-22(2,3)30-19(27)8-7-18(20(23)28)26-12-15-11-14(5-6-16(15)21(26)29)17-13-25(4)10-9-24-17/h5-6,9-11,13,18H,7-8,12H2,1-4H3,(H-,23,28)/p+1. The average molecular weight is 411 g/mol. The first-order valence-electron chi connectivity index (χ1n) is 9.82. The van der Waals surface area contributed by atoms with E-state index in [2.05, 4.69) is 4.98 Å². The average Bonchev–Trinajstić information content (AvgIpc) is 2.96. The molecule has 0 radical (unpaired) electrons. The van der Waals surface area contributed by atoms with Crippen molar-refractivity contribution < 1.29 is 23.7 Å². The summed E-state index contributed by atoms with van der Waals surface area (Å²) in [5.74, 6) is -1.34. The molecule has 1 aromatic heterocycles. The molecule has 0 fully saturated rings. The zero-order valence-corrected chi connectivity index (χ0v) is 17.7. The molecule has 1 aliphatic rings.